The minimum atomic E-state index is -1.29. The number of ether oxygens (including phenoxy) is 4. The number of nitriles is 4. The zero-order valence-electron chi connectivity index (χ0n) is 38.6. The normalized spacial score (nSPS) is 11.5. The van der Waals surface area contributed by atoms with E-state index in [9.17, 15) is 51.1 Å². The number of carboxylic acid groups (broad SMARTS) is 2. The molecule has 2 atom stereocenters. The minimum Gasteiger partial charge on any atom is -0.480 e. The van der Waals surface area contributed by atoms with Crippen LogP contribution >= 0.6 is 23.2 Å². The van der Waals surface area contributed by atoms with Gasteiger partial charge in [-0.05, 0) is 107 Å². The van der Waals surface area contributed by atoms with Gasteiger partial charge in [0.25, 0.3) is 0 Å². The molecule has 6 rings (SSSR count). The second kappa shape index (κ2) is 25.0. The van der Waals surface area contributed by atoms with E-state index >= 15 is 0 Å². The Hall–Kier alpha value is -8.30. The number of carbonyl (C=O) groups is 2. The molecular weight excluding hydrogens is 968 g/mol. The Kier molecular flexibility index (Phi) is 18.4. The molecule has 366 valence electrons. The van der Waals surface area contributed by atoms with Crippen LogP contribution in [0.5, 0.6) is 23.5 Å². The number of halogens is 2. The molecule has 18 nitrogen and oxygen atoms in total. The summed E-state index contributed by atoms with van der Waals surface area (Å²) in [5, 5.41) is 81.7. The second-order valence-corrected chi connectivity index (χ2v) is 16.8. The Morgan fingerprint density at radius 1 is 0.542 bits per heavy atom. The number of hydrogen-bond donors (Lipinski definition) is 6. The Bertz CT molecular complexity index is 2910. The molecule has 0 aliphatic carbocycles. The van der Waals surface area contributed by atoms with Crippen molar-refractivity contribution in [1.82, 2.24) is 20.6 Å². The molecule has 0 fully saturated rings. The van der Waals surface area contributed by atoms with Crippen molar-refractivity contribution in [3.8, 4) is 58.9 Å². The number of carboxylic acids is 2. The maximum atomic E-state index is 11.6. The fraction of sp³-hybridized carbons (Fsp3) is 0.231. The summed E-state index contributed by atoms with van der Waals surface area (Å²) in [7, 11) is 0. The van der Waals surface area contributed by atoms with Crippen LogP contribution in [-0.2, 0) is 49.1 Å². The molecule has 0 aliphatic heterocycles. The molecule has 72 heavy (non-hydrogen) atoms. The Morgan fingerprint density at radius 2 is 0.889 bits per heavy atom. The first-order valence-electron chi connectivity index (χ1n) is 21.8. The SMILES string of the molecule is Cc1c(COc2nc(OCc3cc(C#N)cc(C#N)c3)c(CNC(CO)C(=O)O)cc2Cl)cccc1-c1cccc(COc2nc(OCc3cc(C#N)cc(C#N)c3)c(CN[C@@H](CO)C(=O)O)cc2Cl)c1C. The summed E-state index contributed by atoms with van der Waals surface area (Å²) in [6.07, 6.45) is 0. The van der Waals surface area contributed by atoms with Crippen LogP contribution in [0, 0.1) is 59.2 Å². The number of aromatic nitrogens is 2. The zero-order chi connectivity index (χ0) is 51.9. The Morgan fingerprint density at radius 3 is 1.21 bits per heavy atom. The average molecular weight is 1010 g/mol. The smallest absolute Gasteiger partial charge is 0.323 e. The van der Waals surface area contributed by atoms with E-state index in [1.807, 2.05) is 74.5 Å². The second-order valence-electron chi connectivity index (χ2n) is 16.0. The van der Waals surface area contributed by atoms with Crippen molar-refractivity contribution in [2.75, 3.05) is 13.2 Å². The summed E-state index contributed by atoms with van der Waals surface area (Å²) in [6, 6.07) is 29.1. The number of nitrogens with one attached hydrogen (secondary N) is 2. The molecule has 0 bridgehead atoms. The van der Waals surface area contributed by atoms with Crippen molar-refractivity contribution >= 4 is 35.1 Å². The molecule has 0 radical (unpaired) electrons. The van der Waals surface area contributed by atoms with Gasteiger partial charge in [-0.3, -0.25) is 20.2 Å². The Labute approximate surface area is 423 Å². The van der Waals surface area contributed by atoms with Gasteiger partial charge in [-0.1, -0.05) is 59.6 Å². The lowest BCUT2D eigenvalue weighted by Gasteiger charge is -2.19. The predicted molar refractivity (Wildman–Crippen MR) is 260 cm³/mol. The number of pyridine rings is 2. The van der Waals surface area contributed by atoms with Crippen molar-refractivity contribution in [2.24, 2.45) is 0 Å². The van der Waals surface area contributed by atoms with Crippen LogP contribution < -0.4 is 29.6 Å². The lowest BCUT2D eigenvalue weighted by molar-refractivity contribution is -0.141. The molecule has 20 heteroatoms. The third-order valence-electron chi connectivity index (χ3n) is 11.2. The van der Waals surface area contributed by atoms with Crippen LogP contribution in [0.4, 0.5) is 0 Å². The van der Waals surface area contributed by atoms with E-state index in [-0.39, 0.29) is 95.3 Å². The third kappa shape index (κ3) is 13.5. The highest BCUT2D eigenvalue weighted by Crippen LogP contribution is 2.35. The predicted octanol–water partition coefficient (Wildman–Crippen LogP) is 6.94. The standard InChI is InChI=1S/C52H44Cl2N8O10/c1-29-37(27-71-49-43(53)15-39(21-59-45(23-63)51(65)66)47(61-49)69-25-35-11-31(17-55)9-32(12-35)18-56)5-3-7-41(29)42-8-4-6-38(30(42)2)28-72-50-44(54)16-40(22-60-46(24-64)52(67)68)48(62-50)70-26-36-13-33(19-57)10-34(14-36)20-58/h3-16,45-46,59-60,63-64H,21-28H2,1-2H3,(H,65,66)(H,67,68)/t45-,46?/m0/s1. The van der Waals surface area contributed by atoms with Gasteiger partial charge in [0.05, 0.1) is 59.7 Å². The first-order chi connectivity index (χ1) is 34.7. The number of rotatable bonds is 23. The molecule has 1 unspecified atom stereocenters. The van der Waals surface area contributed by atoms with E-state index < -0.39 is 37.2 Å². The number of aliphatic hydroxyl groups excluding tert-OH is 2. The molecule has 4 aromatic carbocycles. The highest BCUT2D eigenvalue weighted by atomic mass is 35.5. The molecule has 2 heterocycles. The van der Waals surface area contributed by atoms with Gasteiger partial charge >= 0.3 is 11.9 Å². The van der Waals surface area contributed by atoms with Crippen LogP contribution in [0.3, 0.4) is 0 Å². The number of benzene rings is 4. The first kappa shape index (κ1) is 53.1. The van der Waals surface area contributed by atoms with Gasteiger partial charge in [0.15, 0.2) is 0 Å². The van der Waals surface area contributed by atoms with Gasteiger partial charge in [0, 0.05) is 24.2 Å². The summed E-state index contributed by atoms with van der Waals surface area (Å²) >= 11 is 13.4. The number of aliphatic carboxylic acids is 2. The molecule has 0 aliphatic rings. The molecule has 0 saturated heterocycles. The highest BCUT2D eigenvalue weighted by molar-refractivity contribution is 6.32. The summed E-state index contributed by atoms with van der Waals surface area (Å²) in [5.74, 6) is -2.46. The minimum absolute atomic E-state index is 0.0112. The van der Waals surface area contributed by atoms with Crippen LogP contribution in [-0.4, -0.2) is 67.6 Å². The van der Waals surface area contributed by atoms with Gasteiger partial charge < -0.3 is 39.4 Å². The topological polar surface area (TPSA) is 297 Å². The van der Waals surface area contributed by atoms with Crippen LogP contribution in [0.1, 0.15) is 66.8 Å². The maximum Gasteiger partial charge on any atom is 0.323 e. The largest absolute Gasteiger partial charge is 0.480 e. The molecule has 6 aromatic rings. The number of nitrogens with zero attached hydrogens (tertiary/aromatic N) is 6. The summed E-state index contributed by atoms with van der Waals surface area (Å²) in [5.41, 5.74) is 7.86. The van der Waals surface area contributed by atoms with Crippen molar-refractivity contribution in [2.45, 2.75) is 65.4 Å². The number of aliphatic hydroxyl groups is 2. The van der Waals surface area contributed by atoms with Gasteiger partial charge in [0.2, 0.25) is 23.5 Å². The molecule has 0 spiro atoms. The van der Waals surface area contributed by atoms with Crippen molar-refractivity contribution in [3.05, 3.63) is 162 Å². The Balaban J connectivity index is 1.22. The van der Waals surface area contributed by atoms with Gasteiger partial charge in [-0.2, -0.15) is 31.0 Å². The van der Waals surface area contributed by atoms with Gasteiger partial charge in [-0.25, -0.2) is 0 Å². The van der Waals surface area contributed by atoms with Crippen molar-refractivity contribution < 1.29 is 49.0 Å². The fourth-order valence-corrected chi connectivity index (χ4v) is 7.74. The highest BCUT2D eigenvalue weighted by Gasteiger charge is 2.22. The monoisotopic (exact) mass is 1010 g/mol. The van der Waals surface area contributed by atoms with Gasteiger partial charge in [-0.15, -0.1) is 0 Å². The summed E-state index contributed by atoms with van der Waals surface area (Å²) in [6.45, 7) is 2.12. The van der Waals surface area contributed by atoms with E-state index in [1.165, 1.54) is 24.3 Å². The number of hydrogen-bond acceptors (Lipinski definition) is 16. The molecule has 0 saturated carbocycles. The van der Waals surface area contributed by atoms with Crippen LogP contribution in [0.15, 0.2) is 84.9 Å². The molecular formula is C52H44Cl2N8O10. The van der Waals surface area contributed by atoms with E-state index in [0.29, 0.717) is 22.3 Å². The average Bonchev–Trinajstić information content (AvgIpc) is 3.37. The fourth-order valence-electron chi connectivity index (χ4n) is 7.29. The summed E-state index contributed by atoms with van der Waals surface area (Å²) < 4.78 is 24.5. The third-order valence-corrected chi connectivity index (χ3v) is 11.7. The maximum absolute atomic E-state index is 11.6. The molecule has 2 aromatic heterocycles. The van der Waals surface area contributed by atoms with E-state index in [2.05, 4.69) is 20.6 Å². The lowest BCUT2D eigenvalue weighted by Crippen LogP contribution is -2.39. The molecule has 6 N–H and O–H groups in total. The van der Waals surface area contributed by atoms with Gasteiger partial charge in [0.1, 0.15) is 48.6 Å². The molecule has 0 amide bonds. The van der Waals surface area contributed by atoms with Crippen molar-refractivity contribution in [1.29, 1.82) is 21.0 Å². The summed E-state index contributed by atoms with van der Waals surface area (Å²) in [4.78, 5) is 32.3. The lowest BCUT2D eigenvalue weighted by atomic mass is 9.92. The van der Waals surface area contributed by atoms with E-state index in [0.717, 1.165) is 33.4 Å². The quantitative estimate of drug-likeness (QED) is 0.0379. The van der Waals surface area contributed by atoms with Crippen LogP contribution in [0.25, 0.3) is 11.1 Å². The first-order valence-corrected chi connectivity index (χ1v) is 22.5. The van der Waals surface area contributed by atoms with E-state index in [1.54, 1.807) is 24.3 Å². The van der Waals surface area contributed by atoms with Crippen molar-refractivity contribution in [3.63, 3.8) is 0 Å². The zero-order valence-corrected chi connectivity index (χ0v) is 40.1. The van der Waals surface area contributed by atoms with Crippen LogP contribution in [0.2, 0.25) is 10.0 Å². The van der Waals surface area contributed by atoms with E-state index in [4.69, 9.17) is 42.1 Å².